The van der Waals surface area contributed by atoms with E-state index in [2.05, 4.69) is 23.7 Å². The average Bonchev–Trinajstić information content (AvgIpc) is 2.82. The molecular formula is C14H27N5O. The molecule has 0 aliphatic heterocycles. The number of imidazole rings is 1. The second-order valence-corrected chi connectivity index (χ2v) is 5.73. The van der Waals surface area contributed by atoms with E-state index in [1.165, 1.54) is 0 Å². The zero-order chi connectivity index (χ0) is 15.1. The number of carbonyl (C=O) groups excluding carboxylic acids is 1. The number of hydrogen-bond acceptors (Lipinski definition) is 4. The normalized spacial score (nSPS) is 11.3. The minimum Gasteiger partial charge on any atom is -0.336 e. The van der Waals surface area contributed by atoms with Crippen molar-refractivity contribution in [2.24, 2.45) is 11.7 Å². The average molecular weight is 281 g/mol. The van der Waals surface area contributed by atoms with Crippen LogP contribution in [0.15, 0.2) is 12.5 Å². The van der Waals surface area contributed by atoms with Gasteiger partial charge in [0.1, 0.15) is 5.69 Å². The fourth-order valence-corrected chi connectivity index (χ4v) is 1.94. The van der Waals surface area contributed by atoms with Gasteiger partial charge in [-0.2, -0.15) is 0 Å². The zero-order valence-corrected chi connectivity index (χ0v) is 13.0. The van der Waals surface area contributed by atoms with Crippen LogP contribution < -0.4 is 5.73 Å². The van der Waals surface area contributed by atoms with Crippen LogP contribution in [-0.2, 0) is 6.54 Å². The highest BCUT2D eigenvalue weighted by molar-refractivity contribution is 5.92. The summed E-state index contributed by atoms with van der Waals surface area (Å²) >= 11 is 0. The largest absolute Gasteiger partial charge is 0.336 e. The molecule has 1 rings (SSSR count). The molecule has 0 aliphatic carbocycles. The van der Waals surface area contributed by atoms with Crippen LogP contribution in [0.2, 0.25) is 0 Å². The first kappa shape index (κ1) is 16.7. The number of likely N-dealkylation sites (N-methyl/N-ethyl adjacent to an activating group) is 1. The lowest BCUT2D eigenvalue weighted by Crippen LogP contribution is -2.39. The van der Waals surface area contributed by atoms with Gasteiger partial charge in [0.05, 0.1) is 6.33 Å². The van der Waals surface area contributed by atoms with Crippen LogP contribution in [0.4, 0.5) is 0 Å². The van der Waals surface area contributed by atoms with E-state index in [4.69, 9.17) is 5.73 Å². The molecule has 20 heavy (non-hydrogen) atoms. The number of hydrogen-bond donors (Lipinski definition) is 1. The highest BCUT2D eigenvalue weighted by Gasteiger charge is 2.19. The molecule has 0 saturated carbocycles. The highest BCUT2D eigenvalue weighted by Crippen LogP contribution is 2.06. The van der Waals surface area contributed by atoms with Crippen molar-refractivity contribution >= 4 is 5.91 Å². The topological polar surface area (TPSA) is 67.4 Å². The Morgan fingerprint density at radius 2 is 2.10 bits per heavy atom. The van der Waals surface area contributed by atoms with Gasteiger partial charge < -0.3 is 20.1 Å². The second kappa shape index (κ2) is 8.01. The molecule has 1 heterocycles. The lowest BCUT2D eigenvalue weighted by Gasteiger charge is -2.25. The Labute approximate surface area is 121 Å². The molecule has 6 nitrogen and oxygen atoms in total. The molecular weight excluding hydrogens is 254 g/mol. The summed E-state index contributed by atoms with van der Waals surface area (Å²) in [6.07, 6.45) is 3.44. The number of carbonyl (C=O) groups is 1. The summed E-state index contributed by atoms with van der Waals surface area (Å²) in [4.78, 5) is 20.7. The Hall–Kier alpha value is -1.40. The third-order valence-electron chi connectivity index (χ3n) is 2.93. The standard InChI is InChI=1S/C14H27N5O/c1-12(2)9-19(8-7-17(3)4)14(20)13-10-18(6-5-15)11-16-13/h10-12H,5-9,15H2,1-4H3. The molecule has 0 aromatic carbocycles. The molecule has 1 aromatic rings. The van der Waals surface area contributed by atoms with Crippen molar-refractivity contribution in [1.29, 1.82) is 0 Å². The Morgan fingerprint density at radius 3 is 2.65 bits per heavy atom. The van der Waals surface area contributed by atoms with E-state index >= 15 is 0 Å². The molecule has 0 bridgehead atoms. The highest BCUT2D eigenvalue weighted by atomic mass is 16.2. The van der Waals surface area contributed by atoms with Crippen molar-refractivity contribution in [3.8, 4) is 0 Å². The van der Waals surface area contributed by atoms with Crippen molar-refractivity contribution in [2.75, 3.05) is 40.3 Å². The molecule has 0 aliphatic rings. The monoisotopic (exact) mass is 281 g/mol. The van der Waals surface area contributed by atoms with Crippen molar-refractivity contribution in [3.05, 3.63) is 18.2 Å². The van der Waals surface area contributed by atoms with Crippen molar-refractivity contribution in [1.82, 2.24) is 19.4 Å². The maximum Gasteiger partial charge on any atom is 0.274 e. The van der Waals surface area contributed by atoms with Gasteiger partial charge in [0.2, 0.25) is 0 Å². The van der Waals surface area contributed by atoms with E-state index in [-0.39, 0.29) is 5.91 Å². The van der Waals surface area contributed by atoms with Gasteiger partial charge in [-0.05, 0) is 20.0 Å². The molecule has 0 unspecified atom stereocenters. The predicted molar refractivity (Wildman–Crippen MR) is 80.6 cm³/mol. The molecule has 0 radical (unpaired) electrons. The zero-order valence-electron chi connectivity index (χ0n) is 13.0. The summed E-state index contributed by atoms with van der Waals surface area (Å²) in [7, 11) is 4.02. The van der Waals surface area contributed by atoms with Crippen molar-refractivity contribution in [2.45, 2.75) is 20.4 Å². The first-order chi connectivity index (χ1) is 9.43. The summed E-state index contributed by atoms with van der Waals surface area (Å²) in [5.41, 5.74) is 6.00. The van der Waals surface area contributed by atoms with Gasteiger partial charge >= 0.3 is 0 Å². The first-order valence-corrected chi connectivity index (χ1v) is 7.10. The molecule has 0 fully saturated rings. The lowest BCUT2D eigenvalue weighted by atomic mass is 10.2. The maximum atomic E-state index is 12.5. The molecule has 0 saturated heterocycles. The fraction of sp³-hybridized carbons (Fsp3) is 0.714. The molecule has 1 aromatic heterocycles. The van der Waals surface area contributed by atoms with Gasteiger partial charge in [-0.1, -0.05) is 13.8 Å². The fourth-order valence-electron chi connectivity index (χ4n) is 1.94. The Morgan fingerprint density at radius 1 is 1.40 bits per heavy atom. The van der Waals surface area contributed by atoms with Gasteiger partial charge in [-0.3, -0.25) is 4.79 Å². The minimum atomic E-state index is -0.00341. The van der Waals surface area contributed by atoms with Crippen LogP contribution >= 0.6 is 0 Å². The summed E-state index contributed by atoms with van der Waals surface area (Å²) < 4.78 is 1.85. The summed E-state index contributed by atoms with van der Waals surface area (Å²) in [5.74, 6) is 0.434. The van der Waals surface area contributed by atoms with Gasteiger partial charge in [-0.25, -0.2) is 4.98 Å². The predicted octanol–water partition coefficient (Wildman–Crippen LogP) is 0.502. The number of rotatable bonds is 8. The summed E-state index contributed by atoms with van der Waals surface area (Å²) in [6.45, 7) is 7.76. The molecule has 0 spiro atoms. The van der Waals surface area contributed by atoms with Gasteiger partial charge in [-0.15, -0.1) is 0 Å². The van der Waals surface area contributed by atoms with E-state index in [1.807, 2.05) is 23.6 Å². The third-order valence-corrected chi connectivity index (χ3v) is 2.93. The Balaban J connectivity index is 2.74. The smallest absolute Gasteiger partial charge is 0.274 e. The van der Waals surface area contributed by atoms with Gasteiger partial charge in [0.25, 0.3) is 5.91 Å². The van der Waals surface area contributed by atoms with E-state index in [9.17, 15) is 4.79 Å². The molecule has 114 valence electrons. The van der Waals surface area contributed by atoms with Crippen molar-refractivity contribution < 1.29 is 4.79 Å². The Bertz CT molecular complexity index is 413. The van der Waals surface area contributed by atoms with E-state index in [1.54, 1.807) is 12.5 Å². The van der Waals surface area contributed by atoms with Crippen LogP contribution in [0.5, 0.6) is 0 Å². The molecule has 0 atom stereocenters. The van der Waals surface area contributed by atoms with E-state index in [0.717, 1.165) is 13.1 Å². The minimum absolute atomic E-state index is 0.00341. The lowest BCUT2D eigenvalue weighted by molar-refractivity contribution is 0.0719. The second-order valence-electron chi connectivity index (χ2n) is 5.73. The quantitative estimate of drug-likeness (QED) is 0.753. The number of aromatic nitrogens is 2. The van der Waals surface area contributed by atoms with Crippen molar-refractivity contribution in [3.63, 3.8) is 0 Å². The SMILES string of the molecule is CC(C)CN(CCN(C)C)C(=O)c1cn(CCN)cn1. The van der Waals surface area contributed by atoms with E-state index in [0.29, 0.717) is 31.2 Å². The van der Waals surface area contributed by atoms with Crippen LogP contribution in [-0.4, -0.2) is 65.5 Å². The molecule has 1 amide bonds. The number of nitrogens with two attached hydrogens (primary N) is 1. The molecule has 2 N–H and O–H groups in total. The first-order valence-electron chi connectivity index (χ1n) is 7.10. The third kappa shape index (κ3) is 5.30. The van der Waals surface area contributed by atoms with E-state index < -0.39 is 0 Å². The van der Waals surface area contributed by atoms with Crippen LogP contribution in [0.1, 0.15) is 24.3 Å². The van der Waals surface area contributed by atoms with Crippen LogP contribution in [0.3, 0.4) is 0 Å². The molecule has 6 heteroatoms. The van der Waals surface area contributed by atoms with Gasteiger partial charge in [0.15, 0.2) is 0 Å². The van der Waals surface area contributed by atoms with Crippen LogP contribution in [0.25, 0.3) is 0 Å². The summed E-state index contributed by atoms with van der Waals surface area (Å²) in [6, 6.07) is 0. The van der Waals surface area contributed by atoms with Crippen LogP contribution in [0, 0.1) is 5.92 Å². The number of nitrogens with zero attached hydrogens (tertiary/aromatic N) is 4. The Kier molecular flexibility index (Phi) is 6.67. The number of amides is 1. The maximum absolute atomic E-state index is 12.5. The summed E-state index contributed by atoms with van der Waals surface area (Å²) in [5, 5.41) is 0. The van der Waals surface area contributed by atoms with Gasteiger partial charge in [0, 0.05) is 38.9 Å².